The van der Waals surface area contributed by atoms with Crippen molar-refractivity contribution in [2.24, 2.45) is 34.5 Å². The molecule has 0 nitrogen and oxygen atoms in total. The molecule has 2 aromatic carbocycles. The van der Waals surface area contributed by atoms with Crippen LogP contribution >= 0.6 is 0 Å². The van der Waals surface area contributed by atoms with Gasteiger partial charge in [0.05, 0.1) is 0 Å². The molecule has 0 unspecified atom stereocenters. The van der Waals surface area contributed by atoms with E-state index in [1.165, 1.54) is 43.0 Å². The largest absolute Gasteiger partial charge is 0.0656 e. The summed E-state index contributed by atoms with van der Waals surface area (Å²) in [6, 6.07) is 16.6. The van der Waals surface area contributed by atoms with E-state index >= 15 is 0 Å². The molecule has 0 aliphatic carbocycles. The van der Waals surface area contributed by atoms with Crippen LogP contribution in [-0.4, -0.2) is 0 Å². The van der Waals surface area contributed by atoms with Crippen LogP contribution in [0.25, 0.3) is 0 Å². The molecule has 0 bridgehead atoms. The van der Waals surface area contributed by atoms with Crippen molar-refractivity contribution >= 4 is 0 Å². The van der Waals surface area contributed by atoms with Crippen LogP contribution in [0.5, 0.6) is 0 Å². The molecule has 0 aromatic heterocycles. The molecule has 302 valence electrons. The Morgan fingerprint density at radius 3 is 1.18 bits per heavy atom. The fourth-order valence-electron chi connectivity index (χ4n) is 1.43. The first-order chi connectivity index (χ1) is 43.1. The van der Waals surface area contributed by atoms with Crippen LogP contribution in [-0.2, 0) is 0 Å². The molecule has 2 aromatic rings. The fraction of sp³-hybridized carbons (Fsp3) is 0.760. The van der Waals surface area contributed by atoms with Crippen LogP contribution < -0.4 is 0 Å². The predicted molar refractivity (Wildman–Crippen MR) is 243 cm³/mol. The van der Waals surface area contributed by atoms with E-state index in [0.717, 1.165) is 6.92 Å². The Bertz CT molecular complexity index is 2380. The van der Waals surface area contributed by atoms with Gasteiger partial charge in [0.25, 0.3) is 0 Å². The van der Waals surface area contributed by atoms with Gasteiger partial charge in [0.2, 0.25) is 0 Å². The average Bonchev–Trinajstić information content (AvgIpc) is 0.710. The van der Waals surface area contributed by atoms with E-state index in [2.05, 4.69) is 58.0 Å². The summed E-state index contributed by atoms with van der Waals surface area (Å²) in [5, 5.41) is 0. The molecule has 0 heterocycles. The van der Waals surface area contributed by atoms with Crippen molar-refractivity contribution in [2.75, 3.05) is 0 Å². The maximum Gasteiger partial charge on any atom is 0.0297 e. The Kier molecular flexibility index (Phi) is 11.1. The summed E-state index contributed by atoms with van der Waals surface area (Å²) in [6.07, 6.45) is -5.78. The van der Waals surface area contributed by atoms with Gasteiger partial charge in [-0.25, -0.2) is 0 Å². The molecule has 0 heteroatoms. The Balaban J connectivity index is -0.000000200. The van der Waals surface area contributed by atoms with Gasteiger partial charge in [-0.3, -0.25) is 0 Å². The molecule has 0 amide bonds. The van der Waals surface area contributed by atoms with Crippen molar-refractivity contribution in [3.63, 3.8) is 0 Å². The monoisotopic (exact) mass is 754 g/mol. The molecule has 0 aliphatic rings. The zero-order valence-electron chi connectivity index (χ0n) is 83.1. The quantitative estimate of drug-likeness (QED) is 0.293. The molecule has 0 atom stereocenters. The molecule has 0 saturated carbocycles. The second-order valence-electron chi connectivity index (χ2n) is 9.92. The van der Waals surface area contributed by atoms with E-state index in [9.17, 15) is 0 Å². The molecular weight excluding hydrogens is 601 g/mol. The zero-order chi connectivity index (χ0) is 84.4. The molecule has 0 aliphatic heterocycles. The summed E-state index contributed by atoms with van der Waals surface area (Å²) >= 11 is 0. The van der Waals surface area contributed by atoms with E-state index < -0.39 is 156 Å². The standard InChI is InChI=1S/C9H12.C7H8.2C6H14.3C5H12.C4H10.C3H8/c1-7-5-4-6-8(2)9(7)3;1-7-5-3-2-4-6-7;2*1-5-6(2,3)4;3*1-4-5(2)3;1-4(2)3;1-3-2/h4-6H,1-3H3;2-6H,1H3;2*5H2,1-4H3;3*5H,4H2,1-3H3;4H,1-3H3;3H2,1-2H3/i;;2D3,3D3,4D3,5D2;2D3,3D3,4D3;2D3,3D3,4D2,5D;2D3,3D3,5D;2D3,3D3;1D3,2D3;1D3. The molecule has 2 rings (SSSR count). The van der Waals surface area contributed by atoms with Crippen molar-refractivity contribution in [3.8, 4) is 0 Å². The van der Waals surface area contributed by atoms with E-state index in [0.29, 0.717) is 6.92 Å². The van der Waals surface area contributed by atoms with Gasteiger partial charge >= 0.3 is 0 Å². The highest BCUT2D eigenvalue weighted by Gasteiger charge is 2.03. The zero-order valence-corrected chi connectivity index (χ0v) is 32.1. The number of hydrogen-bond acceptors (Lipinski definition) is 0. The van der Waals surface area contributed by atoms with Crippen LogP contribution in [0.15, 0.2) is 48.5 Å². The topological polar surface area (TPSA) is 0 Å². The highest BCUT2D eigenvalue weighted by atomic mass is 14.1. The van der Waals surface area contributed by atoms with Crippen LogP contribution in [0.4, 0.5) is 0 Å². The number of benzene rings is 2. The summed E-state index contributed by atoms with van der Waals surface area (Å²) in [4.78, 5) is 0. The van der Waals surface area contributed by atoms with Gasteiger partial charge in [-0.2, -0.15) is 0 Å². The summed E-state index contributed by atoms with van der Waals surface area (Å²) in [6.45, 7) is -25.6. The minimum atomic E-state index is -3.48. The minimum absolute atomic E-state index is 0.160. The molecule has 0 N–H and O–H groups in total. The first kappa shape index (κ1) is 12.8. The maximum atomic E-state index is 7.39. The SMILES string of the molecule is Cc1cccc(C)c1C.Cc1ccccc1.[2H]C([2H])([2H])C(C([2H])([2H])[2H])(C([2H])([2H])[2H])C([2H])([2H])C.[2H]C([2H])([2H])C(C)C([2H])([2H])[2H].[2H]C([2H])([2H])C(CC)(C([2H])([2H])[2H])C([2H])([2H])[2H].[2H]C([2H])([2H])C(CC)C([2H])([2H])[2H].[2H]C([2H])([2H])C([2H])(C([2H])([2H])[2H])C([2H])([2H])C.[2H]C([2H])([2H])C([2H])(CC)C([2H])([2H])[2H].[2H]C([2H])([2H])CC. The Morgan fingerprint density at radius 1 is 0.600 bits per heavy atom. The second kappa shape index (κ2) is 43.6. The lowest BCUT2D eigenvalue weighted by Gasteiger charge is -2.12. The molecule has 0 fully saturated rings. The van der Waals surface area contributed by atoms with Crippen LogP contribution in [0.3, 0.4) is 0 Å². The average molecular weight is 755 g/mol. The Morgan fingerprint density at radius 2 is 1.08 bits per heavy atom. The summed E-state index contributed by atoms with van der Waals surface area (Å²) in [7, 11) is 0. The Hall–Kier alpha value is -1.56. The van der Waals surface area contributed by atoms with E-state index in [1.54, 1.807) is 13.8 Å². The van der Waals surface area contributed by atoms with Crippen molar-refractivity contribution in [1.82, 2.24) is 0 Å². The summed E-state index contributed by atoms with van der Waals surface area (Å²) in [5.41, 5.74) is -0.558. The number of aryl methyl sites for hydroxylation is 3. The van der Waals surface area contributed by atoms with Gasteiger partial charge in [-0.15, -0.1) is 0 Å². The van der Waals surface area contributed by atoms with Gasteiger partial charge < -0.3 is 0 Å². The third kappa shape index (κ3) is 91.1. The number of hydrogen-bond donors (Lipinski definition) is 0. The van der Waals surface area contributed by atoms with Gasteiger partial charge in [0.15, 0.2) is 0 Å². The van der Waals surface area contributed by atoms with Crippen molar-refractivity contribution in [3.05, 3.63) is 70.8 Å². The normalized spacial score (nSPS) is 29.7. The van der Waals surface area contributed by atoms with E-state index in [1.807, 2.05) is 18.2 Å². The van der Waals surface area contributed by atoms with Gasteiger partial charge in [0.1, 0.15) is 0 Å². The number of rotatable bonds is 3. The molecular formula is C50H102. The lowest BCUT2D eigenvalue weighted by atomic mass is 9.94. The van der Waals surface area contributed by atoms with Crippen LogP contribution in [0, 0.1) is 62.1 Å². The highest BCUT2D eigenvalue weighted by molar-refractivity contribution is 5.31. The maximum absolute atomic E-state index is 7.39. The smallest absolute Gasteiger partial charge is 0.0297 e. The lowest BCUT2D eigenvalue weighted by molar-refractivity contribution is 0.397. The van der Waals surface area contributed by atoms with Gasteiger partial charge in [-0.1, -0.05) is 244 Å². The third-order valence-electron chi connectivity index (χ3n) is 4.73. The first-order valence-electron chi connectivity index (χ1n) is 41.2. The minimum Gasteiger partial charge on any atom is -0.0656 e. The lowest BCUT2D eigenvalue weighted by Crippen LogP contribution is -2.00. The molecule has 0 saturated heterocycles. The third-order valence-corrected chi connectivity index (χ3v) is 4.73. The van der Waals surface area contributed by atoms with Crippen molar-refractivity contribution in [1.29, 1.82) is 0 Å². The fourth-order valence-corrected chi connectivity index (χ4v) is 1.43. The van der Waals surface area contributed by atoms with Gasteiger partial charge in [0, 0.05) is 69.9 Å². The molecule has 50 heavy (non-hydrogen) atoms. The molecule has 0 radical (unpaired) electrons. The van der Waals surface area contributed by atoms with Crippen LogP contribution in [0.1, 0.15) is 282 Å². The highest BCUT2D eigenvalue weighted by Crippen LogP contribution is 2.16. The first-order valence-corrected chi connectivity index (χ1v) is 15.7. The van der Waals surface area contributed by atoms with E-state index in [4.69, 9.17) is 69.9 Å². The van der Waals surface area contributed by atoms with E-state index in [-0.39, 0.29) is 19.3 Å². The summed E-state index contributed by atoms with van der Waals surface area (Å²) in [5.74, 6) is -7.86. The van der Waals surface area contributed by atoms with Crippen molar-refractivity contribution in [2.45, 2.75) is 217 Å². The second-order valence-corrected chi connectivity index (χ2v) is 9.92. The van der Waals surface area contributed by atoms with Crippen molar-refractivity contribution < 1.29 is 69.9 Å². The van der Waals surface area contributed by atoms with Crippen LogP contribution in [0.2, 0.25) is 0 Å². The van der Waals surface area contributed by atoms with Gasteiger partial charge in [-0.05, 0) is 78.8 Å². The summed E-state index contributed by atoms with van der Waals surface area (Å²) < 4.78 is 358. The predicted octanol–water partition coefficient (Wildman–Crippen LogP) is 18.7. The Labute approximate surface area is 394 Å². The molecule has 0 spiro atoms.